The van der Waals surface area contributed by atoms with Crippen LogP contribution in [0.3, 0.4) is 0 Å². The van der Waals surface area contributed by atoms with Gasteiger partial charge < -0.3 is 0 Å². The Morgan fingerprint density at radius 3 is 2.14 bits per heavy atom. The van der Waals surface area contributed by atoms with Gasteiger partial charge in [-0.05, 0) is 24.2 Å². The highest BCUT2D eigenvalue weighted by atomic mass is 14.2. The van der Waals surface area contributed by atoms with E-state index >= 15 is 0 Å². The molecule has 0 radical (unpaired) electrons. The lowest BCUT2D eigenvalue weighted by Crippen LogP contribution is -2.11. The van der Waals surface area contributed by atoms with Crippen molar-refractivity contribution in [2.75, 3.05) is 0 Å². The molecule has 1 saturated carbocycles. The summed E-state index contributed by atoms with van der Waals surface area (Å²) in [5.41, 5.74) is 0.615. The smallest absolute Gasteiger partial charge is 0.0354 e. The van der Waals surface area contributed by atoms with E-state index in [9.17, 15) is 0 Å². The highest BCUT2D eigenvalue weighted by molar-refractivity contribution is 4.70. The second-order valence-corrected chi connectivity index (χ2v) is 6.11. The van der Waals surface area contributed by atoms with Gasteiger partial charge in [-0.1, -0.05) is 65.7 Å². The quantitative estimate of drug-likeness (QED) is 0.501. The second-order valence-electron chi connectivity index (χ2n) is 6.11. The molecule has 0 aromatic rings. The molecule has 0 aliphatic heterocycles. The molecule has 1 fully saturated rings. The van der Waals surface area contributed by atoms with E-state index in [0.29, 0.717) is 5.41 Å². The first-order valence-corrected chi connectivity index (χ1v) is 6.60. The minimum absolute atomic E-state index is 0.615. The first-order chi connectivity index (χ1) is 6.60. The summed E-state index contributed by atoms with van der Waals surface area (Å²) in [6.07, 6.45) is 13.1. The fraction of sp³-hybridized carbons (Fsp3) is 1.00. The molecule has 0 nitrogen and oxygen atoms in total. The zero-order chi connectivity index (χ0) is 10.4. The average molecular weight is 196 g/mol. The summed E-state index contributed by atoms with van der Waals surface area (Å²) in [5, 5.41) is 0. The van der Waals surface area contributed by atoms with Gasteiger partial charge in [-0.15, -0.1) is 0 Å². The molecule has 1 rings (SSSR count). The molecule has 1 atom stereocenters. The molecule has 0 amide bonds. The largest absolute Gasteiger partial charge is 0.0625 e. The lowest BCUT2D eigenvalue weighted by atomic mass is 9.82. The predicted octanol–water partition coefficient (Wildman–Crippen LogP) is 5.17. The zero-order valence-electron chi connectivity index (χ0n) is 10.4. The van der Waals surface area contributed by atoms with Crippen LogP contribution >= 0.6 is 0 Å². The Balaban J connectivity index is 2.36. The van der Waals surface area contributed by atoms with Gasteiger partial charge in [0.2, 0.25) is 0 Å². The van der Waals surface area contributed by atoms with Gasteiger partial charge in [0.25, 0.3) is 0 Å². The lowest BCUT2D eigenvalue weighted by Gasteiger charge is -2.24. The SMILES string of the molecule is CC1CCCCCCC(C)(C)CCC1. The summed E-state index contributed by atoms with van der Waals surface area (Å²) in [4.78, 5) is 0. The molecule has 0 spiro atoms. The molecule has 84 valence electrons. The van der Waals surface area contributed by atoms with E-state index in [0.717, 1.165) is 5.92 Å². The predicted molar refractivity (Wildman–Crippen MR) is 64.5 cm³/mol. The molecule has 0 bridgehead atoms. The van der Waals surface area contributed by atoms with Crippen LogP contribution in [0.4, 0.5) is 0 Å². The molecule has 0 aromatic carbocycles. The third-order valence-electron chi connectivity index (χ3n) is 3.85. The normalized spacial score (nSPS) is 30.6. The van der Waals surface area contributed by atoms with Crippen LogP contribution in [-0.4, -0.2) is 0 Å². The van der Waals surface area contributed by atoms with E-state index in [1.165, 1.54) is 57.8 Å². The van der Waals surface area contributed by atoms with Crippen LogP contribution in [0.5, 0.6) is 0 Å². The van der Waals surface area contributed by atoms with Crippen molar-refractivity contribution < 1.29 is 0 Å². The van der Waals surface area contributed by atoms with Crippen molar-refractivity contribution in [1.29, 1.82) is 0 Å². The molecule has 0 aromatic heterocycles. The van der Waals surface area contributed by atoms with Crippen molar-refractivity contribution in [1.82, 2.24) is 0 Å². The van der Waals surface area contributed by atoms with Crippen molar-refractivity contribution in [2.24, 2.45) is 11.3 Å². The first-order valence-electron chi connectivity index (χ1n) is 6.60. The van der Waals surface area contributed by atoms with Crippen LogP contribution in [0.2, 0.25) is 0 Å². The molecule has 1 unspecified atom stereocenters. The highest BCUT2D eigenvalue weighted by Gasteiger charge is 2.18. The summed E-state index contributed by atoms with van der Waals surface area (Å²) < 4.78 is 0. The molecule has 0 heteroatoms. The number of hydrogen-bond donors (Lipinski definition) is 0. The highest BCUT2D eigenvalue weighted by Crippen LogP contribution is 2.32. The van der Waals surface area contributed by atoms with Gasteiger partial charge in [0.15, 0.2) is 0 Å². The van der Waals surface area contributed by atoms with E-state index < -0.39 is 0 Å². The summed E-state index contributed by atoms with van der Waals surface area (Å²) in [5.74, 6) is 0.976. The van der Waals surface area contributed by atoms with E-state index in [1.54, 1.807) is 0 Å². The maximum absolute atomic E-state index is 2.45. The Hall–Kier alpha value is 0. The van der Waals surface area contributed by atoms with E-state index in [4.69, 9.17) is 0 Å². The Bertz CT molecular complexity index is 146. The van der Waals surface area contributed by atoms with Crippen LogP contribution < -0.4 is 0 Å². The Kier molecular flexibility index (Phi) is 4.98. The van der Waals surface area contributed by atoms with E-state index in [1.807, 2.05) is 0 Å². The number of hydrogen-bond acceptors (Lipinski definition) is 0. The molecule has 0 saturated heterocycles. The van der Waals surface area contributed by atoms with Crippen molar-refractivity contribution in [3.63, 3.8) is 0 Å². The maximum Gasteiger partial charge on any atom is -0.0354 e. The van der Waals surface area contributed by atoms with E-state index in [2.05, 4.69) is 20.8 Å². The molecule has 1 aliphatic carbocycles. The summed E-state index contributed by atoms with van der Waals surface area (Å²) in [6.45, 7) is 7.34. The Morgan fingerprint density at radius 1 is 0.786 bits per heavy atom. The third kappa shape index (κ3) is 5.02. The zero-order valence-corrected chi connectivity index (χ0v) is 10.4. The van der Waals surface area contributed by atoms with Crippen molar-refractivity contribution >= 4 is 0 Å². The molecule has 0 heterocycles. The van der Waals surface area contributed by atoms with Crippen molar-refractivity contribution in [3.8, 4) is 0 Å². The van der Waals surface area contributed by atoms with Crippen LogP contribution in [0.1, 0.15) is 78.6 Å². The fourth-order valence-corrected chi connectivity index (χ4v) is 2.65. The minimum Gasteiger partial charge on any atom is -0.0625 e. The van der Waals surface area contributed by atoms with Crippen LogP contribution in [-0.2, 0) is 0 Å². The van der Waals surface area contributed by atoms with Gasteiger partial charge in [0, 0.05) is 0 Å². The van der Waals surface area contributed by atoms with Gasteiger partial charge in [-0.25, -0.2) is 0 Å². The van der Waals surface area contributed by atoms with Gasteiger partial charge >= 0.3 is 0 Å². The van der Waals surface area contributed by atoms with Crippen molar-refractivity contribution in [2.45, 2.75) is 78.6 Å². The molecular formula is C14H28. The minimum atomic E-state index is 0.615. The summed E-state index contributed by atoms with van der Waals surface area (Å²) in [7, 11) is 0. The van der Waals surface area contributed by atoms with Gasteiger partial charge in [-0.3, -0.25) is 0 Å². The third-order valence-corrected chi connectivity index (χ3v) is 3.85. The monoisotopic (exact) mass is 196 g/mol. The summed E-state index contributed by atoms with van der Waals surface area (Å²) in [6, 6.07) is 0. The Morgan fingerprint density at radius 2 is 1.36 bits per heavy atom. The standard InChI is InChI=1S/C14H28/c1-13-9-6-4-5-7-11-14(2,3)12-8-10-13/h13H,4-12H2,1-3H3. The van der Waals surface area contributed by atoms with Gasteiger partial charge in [0.1, 0.15) is 0 Å². The van der Waals surface area contributed by atoms with Gasteiger partial charge in [-0.2, -0.15) is 0 Å². The maximum atomic E-state index is 2.45. The van der Waals surface area contributed by atoms with Crippen LogP contribution in [0, 0.1) is 11.3 Å². The molecule has 0 N–H and O–H groups in total. The topological polar surface area (TPSA) is 0 Å². The summed E-state index contributed by atoms with van der Waals surface area (Å²) >= 11 is 0. The lowest BCUT2D eigenvalue weighted by molar-refractivity contribution is 0.280. The Labute approximate surface area is 90.5 Å². The van der Waals surface area contributed by atoms with E-state index in [-0.39, 0.29) is 0 Å². The fourth-order valence-electron chi connectivity index (χ4n) is 2.65. The number of rotatable bonds is 0. The second kappa shape index (κ2) is 5.78. The van der Waals surface area contributed by atoms with Crippen molar-refractivity contribution in [3.05, 3.63) is 0 Å². The molecular weight excluding hydrogens is 168 g/mol. The average Bonchev–Trinajstić information content (AvgIpc) is 2.12. The van der Waals surface area contributed by atoms with Gasteiger partial charge in [0.05, 0.1) is 0 Å². The molecule has 1 aliphatic rings. The molecule has 14 heavy (non-hydrogen) atoms. The van der Waals surface area contributed by atoms with Crippen LogP contribution in [0.25, 0.3) is 0 Å². The first kappa shape index (κ1) is 12.1. The van der Waals surface area contributed by atoms with Crippen LogP contribution in [0.15, 0.2) is 0 Å².